The minimum Gasteiger partial charge on any atom is -0.442 e. The van der Waals surface area contributed by atoms with Crippen molar-refractivity contribution < 1.29 is 18.3 Å². The zero-order valence-corrected chi connectivity index (χ0v) is 20.7. The van der Waals surface area contributed by atoms with E-state index < -0.39 is 24.2 Å². The van der Waals surface area contributed by atoms with E-state index in [2.05, 4.69) is 15.6 Å². The van der Waals surface area contributed by atoms with E-state index >= 15 is 0 Å². The maximum Gasteiger partial charge on any atom is 0.407 e. The summed E-state index contributed by atoms with van der Waals surface area (Å²) in [6.07, 6.45) is -1.98. The molecule has 194 valence electrons. The van der Waals surface area contributed by atoms with E-state index in [1.165, 1.54) is 9.13 Å². The molecule has 12 heteroatoms. The van der Waals surface area contributed by atoms with Crippen molar-refractivity contribution in [3.8, 4) is 6.07 Å². The Morgan fingerprint density at radius 1 is 1.22 bits per heavy atom. The third-order valence-corrected chi connectivity index (χ3v) is 7.02. The van der Waals surface area contributed by atoms with Gasteiger partial charge in [-0.2, -0.15) is 5.26 Å². The number of hydrogen-bond donors (Lipinski definition) is 2. The second-order valence-corrected chi connectivity index (χ2v) is 9.79. The largest absolute Gasteiger partial charge is 0.442 e. The molecule has 5 rings (SSSR count). The van der Waals surface area contributed by atoms with E-state index in [1.807, 2.05) is 11.0 Å². The van der Waals surface area contributed by atoms with Crippen molar-refractivity contribution in [3.63, 3.8) is 0 Å². The van der Waals surface area contributed by atoms with Gasteiger partial charge < -0.3 is 20.3 Å². The van der Waals surface area contributed by atoms with Crippen LogP contribution in [0.5, 0.6) is 0 Å². The first-order valence-electron chi connectivity index (χ1n) is 12.1. The number of alkyl carbamates (subject to hydrolysis) is 1. The van der Waals surface area contributed by atoms with Gasteiger partial charge in [0.15, 0.2) is 11.6 Å². The summed E-state index contributed by atoms with van der Waals surface area (Å²) in [5.41, 5.74) is 1.49. The SMILES string of the molecule is C[C@@H]1CN(c2nc(Nc3ccc4c(c3)n(C[C@@H]3CNC(=O)O3)c(=O)n4C)c(F)cc2C#N)C[C@H](C)C1F. The summed E-state index contributed by atoms with van der Waals surface area (Å²) < 4.78 is 37.5. The molecule has 2 N–H and O–H groups in total. The summed E-state index contributed by atoms with van der Waals surface area (Å²) in [6.45, 7) is 4.78. The number of nitriles is 1. The van der Waals surface area contributed by atoms with Crippen molar-refractivity contribution in [1.82, 2.24) is 19.4 Å². The van der Waals surface area contributed by atoms with Crippen LogP contribution in [-0.4, -0.2) is 52.1 Å². The molecular weight excluding hydrogens is 484 g/mol. The number of nitrogens with one attached hydrogen (secondary N) is 2. The monoisotopic (exact) mass is 511 g/mol. The van der Waals surface area contributed by atoms with Gasteiger partial charge in [0.1, 0.15) is 24.2 Å². The van der Waals surface area contributed by atoms with Crippen molar-refractivity contribution in [2.24, 2.45) is 18.9 Å². The fraction of sp³-hybridized carbons (Fsp3) is 0.440. The molecular formula is C25H27F2N7O3. The fourth-order valence-electron chi connectivity index (χ4n) is 5.13. The number of imidazole rings is 1. The van der Waals surface area contributed by atoms with Crippen LogP contribution in [0.1, 0.15) is 19.4 Å². The smallest absolute Gasteiger partial charge is 0.407 e. The van der Waals surface area contributed by atoms with Crippen molar-refractivity contribution in [2.45, 2.75) is 32.7 Å². The lowest BCUT2D eigenvalue weighted by molar-refractivity contribution is 0.131. The minimum atomic E-state index is -0.960. The topological polar surface area (TPSA) is 117 Å². The molecule has 2 saturated heterocycles. The maximum atomic E-state index is 15.0. The summed E-state index contributed by atoms with van der Waals surface area (Å²) in [5, 5.41) is 15.1. The van der Waals surface area contributed by atoms with Gasteiger partial charge in [0, 0.05) is 37.7 Å². The first-order valence-corrected chi connectivity index (χ1v) is 12.1. The van der Waals surface area contributed by atoms with Crippen molar-refractivity contribution in [3.05, 3.63) is 46.1 Å². The maximum absolute atomic E-state index is 15.0. The van der Waals surface area contributed by atoms with E-state index in [0.29, 0.717) is 42.2 Å². The van der Waals surface area contributed by atoms with Crippen LogP contribution in [0, 0.1) is 29.0 Å². The number of nitrogens with zero attached hydrogens (tertiary/aromatic N) is 5. The first kappa shape index (κ1) is 24.5. The van der Waals surface area contributed by atoms with E-state index in [1.54, 1.807) is 39.1 Å². The molecule has 37 heavy (non-hydrogen) atoms. The number of amides is 1. The number of benzene rings is 1. The number of anilines is 3. The van der Waals surface area contributed by atoms with Crippen LogP contribution >= 0.6 is 0 Å². The van der Waals surface area contributed by atoms with Gasteiger partial charge in [0.2, 0.25) is 0 Å². The van der Waals surface area contributed by atoms with Gasteiger partial charge in [-0.25, -0.2) is 23.4 Å². The number of aromatic nitrogens is 3. The van der Waals surface area contributed by atoms with Crippen LogP contribution in [0.3, 0.4) is 0 Å². The van der Waals surface area contributed by atoms with Gasteiger partial charge in [-0.15, -0.1) is 0 Å². The summed E-state index contributed by atoms with van der Waals surface area (Å²) in [5.74, 6) is -1.02. The predicted molar refractivity (Wildman–Crippen MR) is 133 cm³/mol. The second-order valence-electron chi connectivity index (χ2n) is 9.79. The Kier molecular flexibility index (Phi) is 6.23. The van der Waals surface area contributed by atoms with Crippen LogP contribution < -0.4 is 21.2 Å². The molecule has 0 aliphatic carbocycles. The van der Waals surface area contributed by atoms with Crippen molar-refractivity contribution in [2.75, 3.05) is 29.9 Å². The van der Waals surface area contributed by atoms with Crippen LogP contribution in [0.15, 0.2) is 29.1 Å². The number of pyridine rings is 1. The van der Waals surface area contributed by atoms with E-state index in [9.17, 15) is 23.6 Å². The van der Waals surface area contributed by atoms with Gasteiger partial charge in [0.25, 0.3) is 0 Å². The van der Waals surface area contributed by atoms with Crippen molar-refractivity contribution in [1.29, 1.82) is 5.26 Å². The van der Waals surface area contributed by atoms with Gasteiger partial charge in [0.05, 0.1) is 29.7 Å². The molecule has 10 nitrogen and oxygen atoms in total. The van der Waals surface area contributed by atoms with Gasteiger partial charge in [-0.1, -0.05) is 13.8 Å². The molecule has 1 aromatic carbocycles. The number of fused-ring (bicyclic) bond motifs is 1. The highest BCUT2D eigenvalue weighted by Gasteiger charge is 2.34. The Labute approximate surface area is 211 Å². The number of carbonyl (C=O) groups excluding carboxylic acids is 1. The van der Waals surface area contributed by atoms with Crippen LogP contribution in [0.2, 0.25) is 0 Å². The number of halogens is 2. The van der Waals surface area contributed by atoms with E-state index in [0.717, 1.165) is 6.07 Å². The fourth-order valence-corrected chi connectivity index (χ4v) is 5.13. The highest BCUT2D eigenvalue weighted by molar-refractivity contribution is 5.81. The summed E-state index contributed by atoms with van der Waals surface area (Å²) in [6, 6.07) is 8.24. The summed E-state index contributed by atoms with van der Waals surface area (Å²) in [7, 11) is 1.64. The van der Waals surface area contributed by atoms with Gasteiger partial charge in [-0.05, 0) is 24.3 Å². The van der Waals surface area contributed by atoms with E-state index in [-0.39, 0.29) is 35.5 Å². The summed E-state index contributed by atoms with van der Waals surface area (Å²) >= 11 is 0. The highest BCUT2D eigenvalue weighted by Crippen LogP contribution is 2.32. The molecule has 4 heterocycles. The molecule has 2 aliphatic rings. The lowest BCUT2D eigenvalue weighted by Gasteiger charge is -2.38. The quantitative estimate of drug-likeness (QED) is 0.541. The normalized spacial score (nSPS) is 23.6. The second kappa shape index (κ2) is 9.38. The Hall–Kier alpha value is -4.14. The molecule has 0 radical (unpaired) electrons. The number of cyclic esters (lactones) is 1. The Balaban J connectivity index is 1.48. The predicted octanol–water partition coefficient (Wildman–Crippen LogP) is 3.03. The minimum absolute atomic E-state index is 0.0758. The molecule has 2 aromatic heterocycles. The number of rotatable bonds is 5. The molecule has 2 fully saturated rings. The molecule has 1 amide bonds. The molecule has 2 aliphatic heterocycles. The highest BCUT2D eigenvalue weighted by atomic mass is 19.1. The third kappa shape index (κ3) is 4.45. The van der Waals surface area contributed by atoms with Crippen LogP contribution in [0.25, 0.3) is 11.0 Å². The number of aryl methyl sites for hydroxylation is 1. The van der Waals surface area contributed by atoms with Gasteiger partial charge in [-0.3, -0.25) is 9.13 Å². The Morgan fingerprint density at radius 3 is 2.59 bits per heavy atom. The number of carbonyl (C=O) groups is 1. The lowest BCUT2D eigenvalue weighted by Crippen LogP contribution is -2.46. The summed E-state index contributed by atoms with van der Waals surface area (Å²) in [4.78, 5) is 30.5. The molecule has 3 aromatic rings. The Bertz CT molecular complexity index is 1470. The molecule has 0 bridgehead atoms. The lowest BCUT2D eigenvalue weighted by atomic mass is 9.89. The van der Waals surface area contributed by atoms with Crippen LogP contribution in [0.4, 0.5) is 30.9 Å². The molecule has 4 atom stereocenters. The average Bonchev–Trinajstić information content (AvgIpc) is 3.39. The third-order valence-electron chi connectivity index (χ3n) is 7.02. The van der Waals surface area contributed by atoms with Crippen molar-refractivity contribution >= 4 is 34.4 Å². The number of piperidine rings is 1. The van der Waals surface area contributed by atoms with E-state index in [4.69, 9.17) is 4.74 Å². The number of ether oxygens (including phenoxy) is 1. The average molecular weight is 512 g/mol. The number of alkyl halides is 1. The molecule has 1 unspecified atom stereocenters. The van der Waals surface area contributed by atoms with Crippen LogP contribution in [-0.2, 0) is 18.3 Å². The first-order chi connectivity index (χ1) is 17.7. The number of hydrogen-bond acceptors (Lipinski definition) is 7. The Morgan fingerprint density at radius 2 is 1.95 bits per heavy atom. The standard InChI is InChI=1S/C25H27F2N7O3/c1-13-10-33(11-14(2)21(13)27)23-15(8-28)6-18(26)22(31-23)30-16-4-5-19-20(7-16)34(25(36)32(19)3)12-17-9-29-24(35)37-17/h4-7,13-14,17,21H,9-12H2,1-3H3,(H,29,35)(H,30,31)/t13-,14+,17-,21?/m0/s1. The zero-order chi connectivity index (χ0) is 26.4. The van der Waals surface area contributed by atoms with Gasteiger partial charge >= 0.3 is 11.8 Å². The molecule has 0 saturated carbocycles. The molecule has 0 spiro atoms. The zero-order valence-electron chi connectivity index (χ0n) is 20.7.